The van der Waals surface area contributed by atoms with Crippen molar-refractivity contribution >= 4 is 5.91 Å². The zero-order valence-corrected chi connectivity index (χ0v) is 11.7. The van der Waals surface area contributed by atoms with Gasteiger partial charge in [0.05, 0.1) is 6.04 Å². The second-order valence-corrected chi connectivity index (χ2v) is 5.71. The molecule has 110 valence electrons. The van der Waals surface area contributed by atoms with Crippen molar-refractivity contribution < 1.29 is 13.6 Å². The lowest BCUT2D eigenvalue weighted by molar-refractivity contribution is -0.142. The van der Waals surface area contributed by atoms with Gasteiger partial charge in [0.15, 0.2) is 0 Å². The molecule has 2 nitrogen and oxygen atoms in total. The van der Waals surface area contributed by atoms with Gasteiger partial charge in [-0.05, 0) is 44.8 Å². The van der Waals surface area contributed by atoms with E-state index in [9.17, 15) is 13.6 Å². The molecule has 1 heterocycles. The van der Waals surface area contributed by atoms with Crippen LogP contribution < -0.4 is 0 Å². The van der Waals surface area contributed by atoms with Crippen LogP contribution in [0.15, 0.2) is 24.1 Å². The van der Waals surface area contributed by atoms with E-state index in [1.165, 1.54) is 0 Å². The summed E-state index contributed by atoms with van der Waals surface area (Å²) in [6, 6.07) is 0.0212. The van der Waals surface area contributed by atoms with Crippen molar-refractivity contribution in [2.24, 2.45) is 5.92 Å². The van der Waals surface area contributed by atoms with Crippen LogP contribution in [0.25, 0.3) is 0 Å². The van der Waals surface area contributed by atoms with Crippen LogP contribution in [-0.4, -0.2) is 29.3 Å². The Labute approximate surface area is 118 Å². The van der Waals surface area contributed by atoms with Gasteiger partial charge in [0.25, 0.3) is 0 Å². The van der Waals surface area contributed by atoms with Crippen molar-refractivity contribution in [3.63, 3.8) is 0 Å². The second kappa shape index (κ2) is 6.39. The molecule has 1 aliphatic heterocycles. The summed E-state index contributed by atoms with van der Waals surface area (Å²) >= 11 is 0. The van der Waals surface area contributed by atoms with Crippen molar-refractivity contribution in [1.29, 1.82) is 0 Å². The molecule has 0 spiro atoms. The first-order valence-electron chi connectivity index (χ1n) is 7.33. The fourth-order valence-electron chi connectivity index (χ4n) is 3.08. The highest BCUT2D eigenvalue weighted by molar-refractivity contribution is 5.79. The van der Waals surface area contributed by atoms with Crippen molar-refractivity contribution in [2.45, 2.75) is 56.9 Å². The molecule has 1 amide bonds. The van der Waals surface area contributed by atoms with Crippen LogP contribution in [0.2, 0.25) is 0 Å². The van der Waals surface area contributed by atoms with E-state index in [2.05, 4.69) is 18.0 Å². The number of alkyl halides is 2. The van der Waals surface area contributed by atoms with Crippen molar-refractivity contribution in [1.82, 2.24) is 4.90 Å². The monoisotopic (exact) mass is 281 g/mol. The van der Waals surface area contributed by atoms with Crippen LogP contribution in [-0.2, 0) is 4.79 Å². The molecule has 2 rings (SSSR count). The van der Waals surface area contributed by atoms with E-state index in [-0.39, 0.29) is 30.7 Å². The number of carbonyl (C=O) groups excluding carboxylic acids is 1. The van der Waals surface area contributed by atoms with E-state index >= 15 is 0 Å². The minimum Gasteiger partial charge on any atom is -0.335 e. The van der Waals surface area contributed by atoms with Crippen LogP contribution in [0.4, 0.5) is 8.78 Å². The number of piperidine rings is 1. The van der Waals surface area contributed by atoms with Gasteiger partial charge in [-0.15, -0.1) is 0 Å². The highest BCUT2D eigenvalue weighted by Gasteiger charge is 2.39. The molecule has 1 aliphatic carbocycles. The highest BCUT2D eigenvalue weighted by atomic mass is 19.3. The number of halogens is 2. The summed E-state index contributed by atoms with van der Waals surface area (Å²) < 4.78 is 26.3. The molecule has 4 heteroatoms. The average molecular weight is 281 g/mol. The molecule has 1 atom stereocenters. The number of rotatable bonds is 2. The summed E-state index contributed by atoms with van der Waals surface area (Å²) in [5.41, 5.74) is 5.39. The smallest absolute Gasteiger partial charge is 0.248 e. The number of carbonyl (C=O) groups is 1. The summed E-state index contributed by atoms with van der Waals surface area (Å²) in [6.45, 7) is 4.18. The van der Waals surface area contributed by atoms with Gasteiger partial charge in [0, 0.05) is 25.3 Å². The van der Waals surface area contributed by atoms with E-state index in [0.717, 1.165) is 19.3 Å². The van der Waals surface area contributed by atoms with Crippen LogP contribution in [0.5, 0.6) is 0 Å². The third kappa shape index (κ3) is 3.59. The fraction of sp³-hybridized carbons (Fsp3) is 0.688. The first kappa shape index (κ1) is 15.0. The molecule has 1 unspecified atom stereocenters. The minimum absolute atomic E-state index is 0.0212. The van der Waals surface area contributed by atoms with E-state index in [1.54, 1.807) is 0 Å². The summed E-state index contributed by atoms with van der Waals surface area (Å²) in [6.07, 6.45) is 5.06. The Morgan fingerprint density at radius 2 is 1.95 bits per heavy atom. The molecule has 2 fully saturated rings. The maximum atomic E-state index is 13.2. The standard InChI is InChI=1S/C16H21F2NO/c1-2-3-6-14-7-4-5-12-19(14)15(20)13-8-10-16(17,18)11-9-13/h6,13-14H,1,4-5,7-12H2. The van der Waals surface area contributed by atoms with Crippen LogP contribution in [0, 0.1) is 5.92 Å². The van der Waals surface area contributed by atoms with Crippen molar-refractivity contribution in [3.8, 4) is 0 Å². The van der Waals surface area contributed by atoms with Crippen molar-refractivity contribution in [3.05, 3.63) is 24.1 Å². The third-order valence-electron chi connectivity index (χ3n) is 4.28. The highest BCUT2D eigenvalue weighted by Crippen LogP contribution is 2.37. The Morgan fingerprint density at radius 3 is 2.60 bits per heavy atom. The minimum atomic E-state index is -2.58. The molecule has 1 saturated carbocycles. The van der Waals surface area contributed by atoms with Gasteiger partial charge in [-0.3, -0.25) is 4.79 Å². The molecule has 0 aromatic carbocycles. The van der Waals surface area contributed by atoms with E-state index < -0.39 is 5.92 Å². The Morgan fingerprint density at radius 1 is 1.25 bits per heavy atom. The third-order valence-corrected chi connectivity index (χ3v) is 4.28. The molecule has 0 N–H and O–H groups in total. The molecule has 0 radical (unpaired) electrons. The SMILES string of the molecule is C=C=C=CC1CCCCN1C(=O)C1CCC(F)(F)CC1. The molecule has 0 aromatic heterocycles. The maximum Gasteiger partial charge on any atom is 0.248 e. The lowest BCUT2D eigenvalue weighted by Crippen LogP contribution is -2.46. The predicted molar refractivity (Wildman–Crippen MR) is 73.5 cm³/mol. The molecule has 1 saturated heterocycles. The number of hydrogen-bond donors (Lipinski definition) is 0. The van der Waals surface area contributed by atoms with Crippen LogP contribution >= 0.6 is 0 Å². The summed E-state index contributed by atoms with van der Waals surface area (Å²) in [5, 5.41) is 0. The Kier molecular flexibility index (Phi) is 4.80. The number of nitrogens with zero attached hydrogens (tertiary/aromatic N) is 1. The van der Waals surface area contributed by atoms with Crippen LogP contribution in [0.1, 0.15) is 44.9 Å². The number of likely N-dealkylation sites (tertiary alicyclic amines) is 1. The first-order chi connectivity index (χ1) is 9.53. The van der Waals surface area contributed by atoms with Gasteiger partial charge < -0.3 is 4.90 Å². The number of amides is 1. The largest absolute Gasteiger partial charge is 0.335 e. The average Bonchev–Trinajstić information content (AvgIpc) is 2.45. The van der Waals surface area contributed by atoms with Crippen molar-refractivity contribution in [2.75, 3.05) is 6.54 Å². The zero-order valence-electron chi connectivity index (χ0n) is 11.7. The second-order valence-electron chi connectivity index (χ2n) is 5.71. The lowest BCUT2D eigenvalue weighted by Gasteiger charge is -2.37. The van der Waals surface area contributed by atoms with E-state index in [1.807, 2.05) is 11.0 Å². The molecular weight excluding hydrogens is 260 g/mol. The van der Waals surface area contributed by atoms with E-state index in [4.69, 9.17) is 0 Å². The molecular formula is C16H21F2NO. The summed E-state index contributed by atoms with van der Waals surface area (Å²) in [7, 11) is 0. The van der Waals surface area contributed by atoms with Gasteiger partial charge in [0.1, 0.15) is 0 Å². The maximum absolute atomic E-state index is 13.2. The van der Waals surface area contributed by atoms with Gasteiger partial charge in [-0.1, -0.05) is 11.5 Å². The molecule has 20 heavy (non-hydrogen) atoms. The predicted octanol–water partition coefficient (Wildman–Crippen LogP) is 3.69. The quantitative estimate of drug-likeness (QED) is 0.707. The molecule has 0 aromatic rings. The molecule has 0 bridgehead atoms. The van der Waals surface area contributed by atoms with Gasteiger partial charge in [-0.25, -0.2) is 8.78 Å². The summed E-state index contributed by atoms with van der Waals surface area (Å²) in [5.74, 6) is -2.78. The van der Waals surface area contributed by atoms with Gasteiger partial charge in [-0.2, -0.15) is 0 Å². The Balaban J connectivity index is 2.03. The van der Waals surface area contributed by atoms with Crippen LogP contribution in [0.3, 0.4) is 0 Å². The fourth-order valence-corrected chi connectivity index (χ4v) is 3.08. The topological polar surface area (TPSA) is 20.3 Å². The lowest BCUT2D eigenvalue weighted by atomic mass is 9.85. The number of hydrogen-bond acceptors (Lipinski definition) is 1. The van der Waals surface area contributed by atoms with Gasteiger partial charge in [0.2, 0.25) is 11.8 Å². The van der Waals surface area contributed by atoms with E-state index in [0.29, 0.717) is 19.4 Å². The summed E-state index contributed by atoms with van der Waals surface area (Å²) in [4.78, 5) is 14.4. The Hall–Kier alpha value is -1.37. The van der Waals surface area contributed by atoms with Gasteiger partial charge >= 0.3 is 0 Å². The first-order valence-corrected chi connectivity index (χ1v) is 7.33. The normalized spacial score (nSPS) is 26.5. The Bertz CT molecular complexity index is 437. The zero-order chi connectivity index (χ0) is 14.6. The molecule has 2 aliphatic rings.